The van der Waals surface area contributed by atoms with Gasteiger partial charge in [-0.05, 0) is 37.6 Å². The van der Waals surface area contributed by atoms with E-state index in [-0.39, 0.29) is 17.9 Å². The number of carbonyl (C=O) groups is 2. The summed E-state index contributed by atoms with van der Waals surface area (Å²) in [5, 5.41) is 2.79. The van der Waals surface area contributed by atoms with Gasteiger partial charge in [0.2, 0.25) is 11.8 Å². The van der Waals surface area contributed by atoms with Crippen molar-refractivity contribution < 1.29 is 9.59 Å². The predicted octanol–water partition coefficient (Wildman–Crippen LogP) is 0.547. The molecule has 6 nitrogen and oxygen atoms in total. The zero-order chi connectivity index (χ0) is 14.5. The van der Waals surface area contributed by atoms with Gasteiger partial charge in [-0.1, -0.05) is 6.07 Å². The molecule has 20 heavy (non-hydrogen) atoms. The van der Waals surface area contributed by atoms with Gasteiger partial charge in [-0.2, -0.15) is 0 Å². The van der Waals surface area contributed by atoms with Gasteiger partial charge in [-0.3, -0.25) is 14.5 Å². The molecule has 2 amide bonds. The van der Waals surface area contributed by atoms with Crippen LogP contribution in [0.5, 0.6) is 0 Å². The first-order chi connectivity index (χ1) is 9.56. The van der Waals surface area contributed by atoms with Crippen LogP contribution in [0.3, 0.4) is 0 Å². The molecule has 0 aliphatic carbocycles. The standard InChI is InChI=1S/C14H20N4O2/c15-10-3-1-4-11(9-10)17-13(19)6-8-18-7-2-5-12(18)14(16)20/h1,3-4,9,12H,2,5-8,15H2,(H2,16,20)(H,17,19). The van der Waals surface area contributed by atoms with Gasteiger partial charge in [0, 0.05) is 24.3 Å². The zero-order valence-corrected chi connectivity index (χ0v) is 11.3. The molecular weight excluding hydrogens is 256 g/mol. The third-order valence-electron chi connectivity index (χ3n) is 3.49. The van der Waals surface area contributed by atoms with Gasteiger partial charge in [0.15, 0.2) is 0 Å². The van der Waals surface area contributed by atoms with Crippen LogP contribution >= 0.6 is 0 Å². The first-order valence-corrected chi connectivity index (χ1v) is 6.75. The molecular formula is C14H20N4O2. The molecule has 1 atom stereocenters. The molecule has 0 spiro atoms. The van der Waals surface area contributed by atoms with E-state index >= 15 is 0 Å². The minimum atomic E-state index is -0.307. The summed E-state index contributed by atoms with van der Waals surface area (Å²) in [5.41, 5.74) is 12.3. The summed E-state index contributed by atoms with van der Waals surface area (Å²) in [5.74, 6) is -0.399. The summed E-state index contributed by atoms with van der Waals surface area (Å²) in [4.78, 5) is 25.1. The summed E-state index contributed by atoms with van der Waals surface area (Å²) in [6.07, 6.45) is 2.06. The number of benzene rings is 1. The third kappa shape index (κ3) is 3.71. The number of nitrogen functional groups attached to an aromatic ring is 1. The van der Waals surface area contributed by atoms with Crippen LogP contribution in [0.15, 0.2) is 24.3 Å². The van der Waals surface area contributed by atoms with Crippen LogP contribution in [-0.2, 0) is 9.59 Å². The molecule has 1 fully saturated rings. The maximum absolute atomic E-state index is 11.9. The van der Waals surface area contributed by atoms with Gasteiger partial charge in [0.05, 0.1) is 6.04 Å². The number of rotatable bonds is 5. The fraction of sp³-hybridized carbons (Fsp3) is 0.429. The molecule has 1 unspecified atom stereocenters. The van der Waals surface area contributed by atoms with Crippen molar-refractivity contribution in [3.05, 3.63) is 24.3 Å². The average molecular weight is 276 g/mol. The molecule has 5 N–H and O–H groups in total. The van der Waals surface area contributed by atoms with Gasteiger partial charge in [0.25, 0.3) is 0 Å². The lowest BCUT2D eigenvalue weighted by molar-refractivity contribution is -0.123. The van der Waals surface area contributed by atoms with Crippen LogP contribution < -0.4 is 16.8 Å². The van der Waals surface area contributed by atoms with E-state index in [0.29, 0.717) is 24.3 Å². The summed E-state index contributed by atoms with van der Waals surface area (Å²) in [7, 11) is 0. The Bertz CT molecular complexity index is 504. The van der Waals surface area contributed by atoms with Crippen molar-refractivity contribution in [1.82, 2.24) is 4.90 Å². The molecule has 0 radical (unpaired) electrons. The molecule has 108 valence electrons. The molecule has 1 saturated heterocycles. The van der Waals surface area contributed by atoms with Crippen LogP contribution in [0, 0.1) is 0 Å². The van der Waals surface area contributed by atoms with Crippen molar-refractivity contribution in [2.75, 3.05) is 24.1 Å². The average Bonchev–Trinajstić information content (AvgIpc) is 2.85. The molecule has 1 aliphatic heterocycles. The summed E-state index contributed by atoms with van der Waals surface area (Å²) in [6, 6.07) is 6.82. The summed E-state index contributed by atoms with van der Waals surface area (Å²) >= 11 is 0. The Balaban J connectivity index is 1.82. The molecule has 6 heteroatoms. The van der Waals surface area contributed by atoms with Gasteiger partial charge in [-0.15, -0.1) is 0 Å². The normalized spacial score (nSPS) is 18.9. The highest BCUT2D eigenvalue weighted by atomic mass is 16.2. The van der Waals surface area contributed by atoms with Crippen molar-refractivity contribution in [2.45, 2.75) is 25.3 Å². The lowest BCUT2D eigenvalue weighted by Crippen LogP contribution is -2.41. The lowest BCUT2D eigenvalue weighted by Gasteiger charge is -2.21. The molecule has 0 saturated carbocycles. The number of anilines is 2. The maximum Gasteiger partial charge on any atom is 0.234 e. The first kappa shape index (κ1) is 14.3. The molecule has 2 rings (SSSR count). The van der Waals surface area contributed by atoms with Crippen molar-refractivity contribution in [1.29, 1.82) is 0 Å². The fourth-order valence-electron chi connectivity index (χ4n) is 2.50. The minimum Gasteiger partial charge on any atom is -0.399 e. The van der Waals surface area contributed by atoms with Crippen LogP contribution in [0.1, 0.15) is 19.3 Å². The maximum atomic E-state index is 11.9. The van der Waals surface area contributed by atoms with Gasteiger partial charge >= 0.3 is 0 Å². The molecule has 1 aliphatic rings. The van der Waals surface area contributed by atoms with E-state index in [2.05, 4.69) is 5.32 Å². The first-order valence-electron chi connectivity index (χ1n) is 6.75. The molecule has 1 heterocycles. The van der Waals surface area contributed by atoms with Crippen molar-refractivity contribution in [3.63, 3.8) is 0 Å². The summed E-state index contributed by atoms with van der Waals surface area (Å²) in [6.45, 7) is 1.36. The van der Waals surface area contributed by atoms with E-state index < -0.39 is 0 Å². The SMILES string of the molecule is NC(=O)C1CCCN1CCC(=O)Nc1cccc(N)c1. The second kappa shape index (κ2) is 6.38. The minimum absolute atomic E-state index is 0.0919. The van der Waals surface area contributed by atoms with Crippen LogP contribution in [0.4, 0.5) is 11.4 Å². The van der Waals surface area contributed by atoms with Crippen molar-refractivity contribution >= 4 is 23.2 Å². The van der Waals surface area contributed by atoms with Crippen LogP contribution in [0.25, 0.3) is 0 Å². The second-order valence-electron chi connectivity index (χ2n) is 5.02. The number of likely N-dealkylation sites (tertiary alicyclic amines) is 1. The van der Waals surface area contributed by atoms with E-state index in [0.717, 1.165) is 19.4 Å². The van der Waals surface area contributed by atoms with Gasteiger partial charge in [-0.25, -0.2) is 0 Å². The highest BCUT2D eigenvalue weighted by molar-refractivity contribution is 5.91. The van der Waals surface area contributed by atoms with E-state index in [1.54, 1.807) is 24.3 Å². The molecule has 0 bridgehead atoms. The smallest absolute Gasteiger partial charge is 0.234 e. The second-order valence-corrected chi connectivity index (χ2v) is 5.02. The monoisotopic (exact) mass is 276 g/mol. The Labute approximate surface area is 118 Å². The number of hydrogen-bond donors (Lipinski definition) is 3. The van der Waals surface area contributed by atoms with Crippen molar-refractivity contribution in [3.8, 4) is 0 Å². The third-order valence-corrected chi connectivity index (χ3v) is 3.49. The Morgan fingerprint density at radius 1 is 1.40 bits per heavy atom. The number of nitrogens with one attached hydrogen (secondary N) is 1. The Hall–Kier alpha value is -2.08. The van der Waals surface area contributed by atoms with Gasteiger partial charge < -0.3 is 16.8 Å². The Kier molecular flexibility index (Phi) is 4.57. The largest absolute Gasteiger partial charge is 0.399 e. The highest BCUT2D eigenvalue weighted by Gasteiger charge is 2.28. The van der Waals surface area contributed by atoms with E-state index in [9.17, 15) is 9.59 Å². The number of nitrogens with zero attached hydrogens (tertiary/aromatic N) is 1. The number of hydrogen-bond acceptors (Lipinski definition) is 4. The van der Waals surface area contributed by atoms with E-state index in [4.69, 9.17) is 11.5 Å². The van der Waals surface area contributed by atoms with Gasteiger partial charge in [0.1, 0.15) is 0 Å². The number of nitrogens with two attached hydrogens (primary N) is 2. The van der Waals surface area contributed by atoms with Crippen molar-refractivity contribution in [2.24, 2.45) is 5.73 Å². The Morgan fingerprint density at radius 2 is 2.20 bits per heavy atom. The lowest BCUT2D eigenvalue weighted by atomic mass is 10.2. The molecule has 1 aromatic rings. The number of amides is 2. The zero-order valence-electron chi connectivity index (χ0n) is 11.3. The van der Waals surface area contributed by atoms with Crippen LogP contribution in [0.2, 0.25) is 0 Å². The van der Waals surface area contributed by atoms with Crippen LogP contribution in [-0.4, -0.2) is 35.8 Å². The molecule has 1 aromatic carbocycles. The predicted molar refractivity (Wildman–Crippen MR) is 77.9 cm³/mol. The number of carbonyl (C=O) groups excluding carboxylic acids is 2. The topological polar surface area (TPSA) is 101 Å². The fourth-order valence-corrected chi connectivity index (χ4v) is 2.50. The summed E-state index contributed by atoms with van der Waals surface area (Å²) < 4.78 is 0. The molecule has 0 aromatic heterocycles. The number of primary amides is 1. The van der Waals surface area contributed by atoms with E-state index in [1.165, 1.54) is 0 Å². The quantitative estimate of drug-likeness (QED) is 0.683. The Morgan fingerprint density at radius 3 is 2.90 bits per heavy atom. The van der Waals surface area contributed by atoms with E-state index in [1.807, 2.05) is 4.90 Å². The highest BCUT2D eigenvalue weighted by Crippen LogP contribution is 2.17.